The first-order valence-electron chi connectivity index (χ1n) is 9.33. The minimum Gasteiger partial charge on any atom is -0.454 e. The average molecular weight is 393 g/mol. The standard InChI is InChI=1S/C20H19N5O4/c26-19(21-10-14-11-23-6-2-1-3-18(23)22-14)12-24-7-8-25(20(24)27)15-4-5-16-17(9-15)29-13-28-16/h1-6,9,11H,7-8,10,12-13H2,(H,21,26). The summed E-state index contributed by atoms with van der Waals surface area (Å²) in [6.45, 7) is 1.50. The van der Waals surface area contributed by atoms with Crippen LogP contribution in [0.4, 0.5) is 10.5 Å². The number of fused-ring (bicyclic) bond motifs is 2. The van der Waals surface area contributed by atoms with Crippen LogP contribution < -0.4 is 19.7 Å². The van der Waals surface area contributed by atoms with Gasteiger partial charge in [-0.05, 0) is 24.3 Å². The minimum atomic E-state index is -0.219. The Kier molecular flexibility index (Phi) is 4.19. The fraction of sp³-hybridized carbons (Fsp3) is 0.250. The van der Waals surface area contributed by atoms with Crippen LogP contribution in [0.25, 0.3) is 5.65 Å². The number of amides is 3. The fourth-order valence-corrected chi connectivity index (χ4v) is 3.51. The van der Waals surface area contributed by atoms with Crippen LogP contribution in [0.1, 0.15) is 5.69 Å². The molecule has 1 saturated heterocycles. The number of rotatable bonds is 5. The summed E-state index contributed by atoms with van der Waals surface area (Å²) in [5, 5.41) is 2.83. The van der Waals surface area contributed by atoms with Crippen LogP contribution in [-0.4, -0.2) is 52.7 Å². The number of hydrogen-bond acceptors (Lipinski definition) is 5. The molecule has 2 aliphatic heterocycles. The molecular weight excluding hydrogens is 374 g/mol. The molecule has 9 nitrogen and oxygen atoms in total. The summed E-state index contributed by atoms with van der Waals surface area (Å²) in [5.74, 6) is 1.07. The van der Waals surface area contributed by atoms with Crippen LogP contribution in [-0.2, 0) is 11.3 Å². The number of urea groups is 1. The zero-order chi connectivity index (χ0) is 19.8. The first-order valence-corrected chi connectivity index (χ1v) is 9.33. The molecule has 1 aromatic carbocycles. The molecule has 9 heteroatoms. The van der Waals surface area contributed by atoms with E-state index >= 15 is 0 Å². The van der Waals surface area contributed by atoms with Crippen molar-refractivity contribution in [1.82, 2.24) is 19.6 Å². The highest BCUT2D eigenvalue weighted by Gasteiger charge is 2.31. The predicted octanol–water partition coefficient (Wildman–Crippen LogP) is 1.62. The number of hydrogen-bond donors (Lipinski definition) is 1. The molecule has 1 N–H and O–H groups in total. The van der Waals surface area contributed by atoms with E-state index in [4.69, 9.17) is 9.47 Å². The van der Waals surface area contributed by atoms with E-state index in [-0.39, 0.29) is 25.3 Å². The molecule has 2 aromatic heterocycles. The van der Waals surface area contributed by atoms with Gasteiger partial charge in [-0.15, -0.1) is 0 Å². The molecule has 29 heavy (non-hydrogen) atoms. The zero-order valence-corrected chi connectivity index (χ0v) is 15.6. The summed E-state index contributed by atoms with van der Waals surface area (Å²) < 4.78 is 12.6. The van der Waals surface area contributed by atoms with Gasteiger partial charge in [0.2, 0.25) is 12.7 Å². The van der Waals surface area contributed by atoms with Gasteiger partial charge in [0.25, 0.3) is 0 Å². The van der Waals surface area contributed by atoms with E-state index in [0.29, 0.717) is 31.1 Å². The lowest BCUT2D eigenvalue weighted by Crippen LogP contribution is -2.39. The van der Waals surface area contributed by atoms with Crippen LogP contribution in [0, 0.1) is 0 Å². The molecule has 0 saturated carbocycles. The van der Waals surface area contributed by atoms with Crippen molar-refractivity contribution in [2.24, 2.45) is 0 Å². The van der Waals surface area contributed by atoms with Crippen LogP contribution >= 0.6 is 0 Å². The summed E-state index contributed by atoms with van der Waals surface area (Å²) in [6.07, 6.45) is 3.78. The number of aromatic nitrogens is 2. The Labute approximate surface area is 166 Å². The molecule has 0 bridgehead atoms. The molecule has 5 rings (SSSR count). The maximum atomic E-state index is 12.7. The highest BCUT2D eigenvalue weighted by Crippen LogP contribution is 2.36. The van der Waals surface area contributed by atoms with Crippen molar-refractivity contribution < 1.29 is 19.1 Å². The third-order valence-electron chi connectivity index (χ3n) is 4.98. The molecular formula is C20H19N5O4. The Morgan fingerprint density at radius 3 is 2.93 bits per heavy atom. The number of anilines is 1. The molecule has 2 aliphatic rings. The lowest BCUT2D eigenvalue weighted by atomic mass is 10.2. The Balaban J connectivity index is 1.18. The van der Waals surface area contributed by atoms with Gasteiger partial charge in [-0.3, -0.25) is 9.69 Å². The van der Waals surface area contributed by atoms with Crippen LogP contribution in [0.3, 0.4) is 0 Å². The second-order valence-corrected chi connectivity index (χ2v) is 6.87. The van der Waals surface area contributed by atoms with Gasteiger partial charge in [0.05, 0.1) is 12.2 Å². The van der Waals surface area contributed by atoms with E-state index in [1.807, 2.05) is 41.1 Å². The van der Waals surface area contributed by atoms with Gasteiger partial charge in [0, 0.05) is 37.2 Å². The van der Waals surface area contributed by atoms with Crippen molar-refractivity contribution in [3.05, 3.63) is 54.5 Å². The second-order valence-electron chi connectivity index (χ2n) is 6.87. The molecule has 0 aliphatic carbocycles. The molecule has 0 spiro atoms. The van der Waals surface area contributed by atoms with Crippen LogP contribution in [0.5, 0.6) is 11.5 Å². The number of ether oxygens (including phenoxy) is 2. The van der Waals surface area contributed by atoms with E-state index in [0.717, 1.165) is 17.0 Å². The van der Waals surface area contributed by atoms with E-state index in [2.05, 4.69) is 10.3 Å². The van der Waals surface area contributed by atoms with Gasteiger partial charge >= 0.3 is 6.03 Å². The number of carbonyl (C=O) groups is 2. The van der Waals surface area contributed by atoms with Crippen molar-refractivity contribution in [3.63, 3.8) is 0 Å². The number of carbonyl (C=O) groups excluding carboxylic acids is 2. The average Bonchev–Trinajstić information content (AvgIpc) is 3.44. The minimum absolute atomic E-state index is 0.00720. The third-order valence-corrected chi connectivity index (χ3v) is 4.98. The highest BCUT2D eigenvalue weighted by atomic mass is 16.7. The molecule has 0 unspecified atom stereocenters. The fourth-order valence-electron chi connectivity index (χ4n) is 3.51. The van der Waals surface area contributed by atoms with Gasteiger partial charge in [0.1, 0.15) is 12.2 Å². The monoisotopic (exact) mass is 393 g/mol. The van der Waals surface area contributed by atoms with Crippen LogP contribution in [0.15, 0.2) is 48.8 Å². The van der Waals surface area contributed by atoms with E-state index in [1.165, 1.54) is 4.90 Å². The zero-order valence-electron chi connectivity index (χ0n) is 15.6. The molecule has 148 valence electrons. The van der Waals surface area contributed by atoms with E-state index < -0.39 is 0 Å². The molecule has 1 fully saturated rings. The molecule has 3 amide bonds. The summed E-state index contributed by atoms with van der Waals surface area (Å²) in [5.41, 5.74) is 2.32. The number of pyridine rings is 1. The topological polar surface area (TPSA) is 88.4 Å². The van der Waals surface area contributed by atoms with E-state index in [1.54, 1.807) is 17.0 Å². The Hall–Kier alpha value is -3.75. The highest BCUT2D eigenvalue weighted by molar-refractivity contribution is 5.96. The quantitative estimate of drug-likeness (QED) is 0.712. The van der Waals surface area contributed by atoms with Crippen molar-refractivity contribution in [3.8, 4) is 11.5 Å². The number of imidazole rings is 1. The van der Waals surface area contributed by atoms with Crippen molar-refractivity contribution in [1.29, 1.82) is 0 Å². The molecule has 3 aromatic rings. The second kappa shape index (κ2) is 7.01. The molecule has 4 heterocycles. The molecule has 0 atom stereocenters. The van der Waals surface area contributed by atoms with Gasteiger partial charge in [-0.1, -0.05) is 6.07 Å². The van der Waals surface area contributed by atoms with Gasteiger partial charge in [-0.25, -0.2) is 9.78 Å². The van der Waals surface area contributed by atoms with Crippen molar-refractivity contribution >= 4 is 23.3 Å². The Morgan fingerprint density at radius 2 is 2.03 bits per heavy atom. The van der Waals surface area contributed by atoms with Crippen molar-refractivity contribution in [2.45, 2.75) is 6.54 Å². The first kappa shape index (κ1) is 17.4. The van der Waals surface area contributed by atoms with Crippen molar-refractivity contribution in [2.75, 3.05) is 31.3 Å². The lowest BCUT2D eigenvalue weighted by Gasteiger charge is -2.18. The van der Waals surface area contributed by atoms with Gasteiger partial charge < -0.3 is 24.1 Å². The molecule has 0 radical (unpaired) electrons. The van der Waals surface area contributed by atoms with Gasteiger partial charge in [-0.2, -0.15) is 0 Å². The number of benzene rings is 1. The summed E-state index contributed by atoms with van der Waals surface area (Å²) in [4.78, 5) is 32.7. The summed E-state index contributed by atoms with van der Waals surface area (Å²) in [7, 11) is 0. The smallest absolute Gasteiger partial charge is 0.325 e. The number of nitrogens with zero attached hydrogens (tertiary/aromatic N) is 4. The first-order chi connectivity index (χ1) is 14.2. The third kappa shape index (κ3) is 3.31. The SMILES string of the molecule is O=C(CN1CCN(c2ccc3c(c2)OCO3)C1=O)NCc1cn2ccccc2n1. The Morgan fingerprint density at radius 1 is 1.14 bits per heavy atom. The normalized spacial score (nSPS) is 15.4. The summed E-state index contributed by atoms with van der Waals surface area (Å²) in [6, 6.07) is 10.9. The number of nitrogens with one attached hydrogen (secondary N) is 1. The summed E-state index contributed by atoms with van der Waals surface area (Å²) >= 11 is 0. The predicted molar refractivity (Wildman–Crippen MR) is 104 cm³/mol. The van der Waals surface area contributed by atoms with E-state index in [9.17, 15) is 9.59 Å². The maximum Gasteiger partial charge on any atom is 0.325 e. The van der Waals surface area contributed by atoms with Crippen LogP contribution in [0.2, 0.25) is 0 Å². The van der Waals surface area contributed by atoms with Gasteiger partial charge in [0.15, 0.2) is 11.5 Å². The maximum absolute atomic E-state index is 12.7. The Bertz CT molecular complexity index is 1060. The lowest BCUT2D eigenvalue weighted by molar-refractivity contribution is -0.121. The largest absolute Gasteiger partial charge is 0.454 e.